The lowest BCUT2D eigenvalue weighted by Crippen LogP contribution is -2.54. The van der Waals surface area contributed by atoms with E-state index in [9.17, 15) is 0 Å². The SMILES string of the molecule is COCC1CCN(c2ccc3c(c2)COC2(CCN(C4CCC4)CC2)O3)CC1. The van der Waals surface area contributed by atoms with E-state index < -0.39 is 5.79 Å². The summed E-state index contributed by atoms with van der Waals surface area (Å²) in [5.74, 6) is 1.34. The molecule has 1 spiro atoms. The number of fused-ring (bicyclic) bond motifs is 1. The van der Waals surface area contributed by atoms with E-state index in [2.05, 4.69) is 28.0 Å². The smallest absolute Gasteiger partial charge is 0.213 e. The van der Waals surface area contributed by atoms with E-state index >= 15 is 0 Å². The molecule has 0 aromatic heterocycles. The van der Waals surface area contributed by atoms with E-state index in [-0.39, 0.29) is 0 Å². The molecule has 5 rings (SSSR count). The van der Waals surface area contributed by atoms with Crippen LogP contribution in [0.5, 0.6) is 5.75 Å². The minimum absolute atomic E-state index is 0.396. The van der Waals surface area contributed by atoms with Gasteiger partial charge in [-0.1, -0.05) is 6.42 Å². The first kappa shape index (κ1) is 18.7. The minimum Gasteiger partial charge on any atom is -0.462 e. The fraction of sp³-hybridized carbons (Fsp3) is 0.739. The van der Waals surface area contributed by atoms with E-state index in [0.29, 0.717) is 12.5 Å². The van der Waals surface area contributed by atoms with Crippen molar-refractivity contribution in [1.29, 1.82) is 0 Å². The van der Waals surface area contributed by atoms with Gasteiger partial charge in [-0.2, -0.15) is 0 Å². The summed E-state index contributed by atoms with van der Waals surface area (Å²) in [4.78, 5) is 5.14. The number of rotatable bonds is 4. The van der Waals surface area contributed by atoms with E-state index in [1.54, 1.807) is 7.11 Å². The maximum atomic E-state index is 6.45. The maximum Gasteiger partial charge on any atom is 0.213 e. The molecule has 0 radical (unpaired) electrons. The van der Waals surface area contributed by atoms with Crippen molar-refractivity contribution in [1.82, 2.24) is 4.90 Å². The zero-order valence-corrected chi connectivity index (χ0v) is 17.2. The number of ether oxygens (including phenoxy) is 3. The van der Waals surface area contributed by atoms with Gasteiger partial charge in [-0.15, -0.1) is 0 Å². The first-order valence-corrected chi connectivity index (χ1v) is 11.2. The fourth-order valence-electron chi connectivity index (χ4n) is 5.24. The standard InChI is InChI=1S/C23H34N2O3/c1-26-16-18-7-11-24(12-8-18)21-5-6-22-19(15-21)17-27-23(28-22)9-13-25(14-10-23)20-3-2-4-20/h5-6,15,18,20H,2-4,7-14,16-17H2,1H3. The van der Waals surface area contributed by atoms with E-state index in [4.69, 9.17) is 14.2 Å². The van der Waals surface area contributed by atoms with E-state index in [0.717, 1.165) is 57.4 Å². The molecular weight excluding hydrogens is 352 g/mol. The Labute approximate surface area is 168 Å². The number of nitrogens with zero attached hydrogens (tertiary/aromatic N) is 2. The van der Waals surface area contributed by atoms with Crippen molar-refractivity contribution < 1.29 is 14.2 Å². The zero-order chi connectivity index (χ0) is 19.0. The number of likely N-dealkylation sites (tertiary alicyclic amines) is 1. The third-order valence-electron chi connectivity index (χ3n) is 7.36. The van der Waals surface area contributed by atoms with Gasteiger partial charge >= 0.3 is 0 Å². The van der Waals surface area contributed by atoms with Crippen LogP contribution in [0.25, 0.3) is 0 Å². The maximum absolute atomic E-state index is 6.45. The molecule has 0 atom stereocenters. The monoisotopic (exact) mass is 386 g/mol. The first-order chi connectivity index (χ1) is 13.7. The van der Waals surface area contributed by atoms with Gasteiger partial charge in [0.15, 0.2) is 0 Å². The highest BCUT2D eigenvalue weighted by molar-refractivity contribution is 5.54. The molecule has 1 aliphatic carbocycles. The molecule has 1 aromatic carbocycles. The Bertz CT molecular complexity index is 674. The molecule has 5 heteroatoms. The molecule has 1 aromatic rings. The summed E-state index contributed by atoms with van der Waals surface area (Å²) in [6.45, 7) is 5.99. The second-order valence-electron chi connectivity index (χ2n) is 9.10. The van der Waals surface area contributed by atoms with Gasteiger partial charge in [0.25, 0.3) is 0 Å². The third kappa shape index (κ3) is 3.64. The molecule has 1 saturated carbocycles. The van der Waals surface area contributed by atoms with Crippen LogP contribution in [0.1, 0.15) is 50.5 Å². The van der Waals surface area contributed by atoms with Gasteiger partial charge in [-0.05, 0) is 49.8 Å². The largest absolute Gasteiger partial charge is 0.462 e. The molecule has 3 fully saturated rings. The highest BCUT2D eigenvalue weighted by Gasteiger charge is 2.42. The van der Waals surface area contributed by atoms with Gasteiger partial charge in [0.1, 0.15) is 5.75 Å². The second kappa shape index (κ2) is 7.85. The molecular formula is C23H34N2O3. The molecule has 0 bridgehead atoms. The minimum atomic E-state index is -0.396. The molecule has 5 nitrogen and oxygen atoms in total. The second-order valence-corrected chi connectivity index (χ2v) is 9.10. The average Bonchev–Trinajstić information content (AvgIpc) is 2.69. The molecule has 28 heavy (non-hydrogen) atoms. The Morgan fingerprint density at radius 3 is 2.54 bits per heavy atom. The van der Waals surface area contributed by atoms with Crippen LogP contribution in [-0.2, 0) is 16.1 Å². The topological polar surface area (TPSA) is 34.2 Å². The Hall–Kier alpha value is -1.30. The summed E-state index contributed by atoms with van der Waals surface area (Å²) in [6.07, 6.45) is 8.54. The molecule has 4 aliphatic rings. The Kier molecular flexibility index (Phi) is 5.24. The quantitative estimate of drug-likeness (QED) is 0.786. The predicted octanol–water partition coefficient (Wildman–Crippen LogP) is 3.80. The van der Waals surface area contributed by atoms with Crippen molar-refractivity contribution in [3.05, 3.63) is 23.8 Å². The van der Waals surface area contributed by atoms with Crippen molar-refractivity contribution in [2.24, 2.45) is 5.92 Å². The Morgan fingerprint density at radius 1 is 1.07 bits per heavy atom. The van der Waals surface area contributed by atoms with Crippen molar-refractivity contribution in [2.75, 3.05) is 44.8 Å². The normalized spacial score (nSPS) is 26.0. The van der Waals surface area contributed by atoms with Gasteiger partial charge in [-0.25, -0.2) is 0 Å². The van der Waals surface area contributed by atoms with Crippen molar-refractivity contribution in [3.8, 4) is 5.75 Å². The number of hydrogen-bond donors (Lipinski definition) is 0. The number of anilines is 1. The summed E-state index contributed by atoms with van der Waals surface area (Å²) in [5.41, 5.74) is 2.50. The molecule has 0 N–H and O–H groups in total. The van der Waals surface area contributed by atoms with Crippen LogP contribution < -0.4 is 9.64 Å². The number of benzene rings is 1. The molecule has 3 heterocycles. The lowest BCUT2D eigenvalue weighted by Gasteiger charge is -2.47. The van der Waals surface area contributed by atoms with Gasteiger partial charge in [0.05, 0.1) is 6.61 Å². The zero-order valence-electron chi connectivity index (χ0n) is 17.2. The highest BCUT2D eigenvalue weighted by atomic mass is 16.7. The number of methoxy groups -OCH3 is 1. The van der Waals surface area contributed by atoms with E-state index in [1.165, 1.54) is 43.4 Å². The predicted molar refractivity (Wildman–Crippen MR) is 110 cm³/mol. The lowest BCUT2D eigenvalue weighted by atomic mass is 9.89. The van der Waals surface area contributed by atoms with Crippen molar-refractivity contribution in [2.45, 2.75) is 63.4 Å². The van der Waals surface area contributed by atoms with Gasteiger partial charge in [0.2, 0.25) is 5.79 Å². The van der Waals surface area contributed by atoms with Crippen LogP contribution in [0, 0.1) is 5.92 Å². The number of hydrogen-bond acceptors (Lipinski definition) is 5. The van der Waals surface area contributed by atoms with Crippen LogP contribution in [0.3, 0.4) is 0 Å². The van der Waals surface area contributed by atoms with Gasteiger partial charge in [-0.3, -0.25) is 4.90 Å². The number of piperidine rings is 2. The van der Waals surface area contributed by atoms with Crippen LogP contribution in [-0.4, -0.2) is 56.6 Å². The molecule has 154 valence electrons. The first-order valence-electron chi connectivity index (χ1n) is 11.2. The summed E-state index contributed by atoms with van der Waals surface area (Å²) >= 11 is 0. The summed E-state index contributed by atoms with van der Waals surface area (Å²) in [5, 5.41) is 0. The lowest BCUT2D eigenvalue weighted by molar-refractivity contribution is -0.231. The summed E-state index contributed by atoms with van der Waals surface area (Å²) < 4.78 is 18.1. The summed E-state index contributed by atoms with van der Waals surface area (Å²) in [7, 11) is 1.81. The van der Waals surface area contributed by atoms with Crippen LogP contribution >= 0.6 is 0 Å². The van der Waals surface area contributed by atoms with Crippen molar-refractivity contribution >= 4 is 5.69 Å². The Morgan fingerprint density at radius 2 is 1.86 bits per heavy atom. The molecule has 3 aliphatic heterocycles. The highest BCUT2D eigenvalue weighted by Crippen LogP contribution is 2.40. The molecule has 0 unspecified atom stereocenters. The summed E-state index contributed by atoms with van der Waals surface area (Å²) in [6, 6.07) is 7.51. The van der Waals surface area contributed by atoms with Crippen LogP contribution in [0.15, 0.2) is 18.2 Å². The van der Waals surface area contributed by atoms with Crippen molar-refractivity contribution in [3.63, 3.8) is 0 Å². The fourth-order valence-corrected chi connectivity index (χ4v) is 5.24. The van der Waals surface area contributed by atoms with Crippen LogP contribution in [0.2, 0.25) is 0 Å². The van der Waals surface area contributed by atoms with E-state index in [1.807, 2.05) is 0 Å². The third-order valence-corrected chi connectivity index (χ3v) is 7.36. The van der Waals surface area contributed by atoms with Gasteiger partial charge < -0.3 is 19.1 Å². The molecule has 2 saturated heterocycles. The van der Waals surface area contributed by atoms with Crippen LogP contribution in [0.4, 0.5) is 5.69 Å². The molecule has 0 amide bonds. The average molecular weight is 387 g/mol. The Balaban J connectivity index is 1.21. The van der Waals surface area contributed by atoms with Gasteiger partial charge in [0, 0.05) is 70.0 Å².